The summed E-state index contributed by atoms with van der Waals surface area (Å²) in [7, 11) is 4.83. The van der Waals surface area contributed by atoms with Gasteiger partial charge in [0.1, 0.15) is 0 Å². The van der Waals surface area contributed by atoms with Crippen LogP contribution in [0, 0.1) is 0 Å². The van der Waals surface area contributed by atoms with E-state index in [4.69, 9.17) is 23.9 Å². The number of nitrogens with zero attached hydrogens (tertiary/aromatic N) is 2. The van der Waals surface area contributed by atoms with Crippen molar-refractivity contribution in [3.05, 3.63) is 17.7 Å². The van der Waals surface area contributed by atoms with Crippen molar-refractivity contribution in [2.75, 3.05) is 47.5 Å². The minimum absolute atomic E-state index is 0. The molecule has 0 aliphatic carbocycles. The molecule has 1 aromatic rings. The first kappa shape index (κ1) is 28.6. The zero-order valence-corrected chi connectivity index (χ0v) is 23.1. The standard InChI is InChI=1S/C23H40N4O4.HI/c1-9-24-22(26-15-23(4,5)27-13-16(2)31-17(3)14-27)25-12-18-10-19(28-6)21(30-8)20(11-18)29-7;/h10-11,16-17H,9,12-15H2,1-8H3,(H2,24,25,26);1H. The summed E-state index contributed by atoms with van der Waals surface area (Å²) in [6.45, 7) is 14.7. The van der Waals surface area contributed by atoms with E-state index in [9.17, 15) is 0 Å². The highest BCUT2D eigenvalue weighted by Gasteiger charge is 2.33. The number of nitrogens with one attached hydrogen (secondary N) is 2. The van der Waals surface area contributed by atoms with Crippen molar-refractivity contribution < 1.29 is 18.9 Å². The van der Waals surface area contributed by atoms with E-state index in [0.717, 1.165) is 37.7 Å². The molecule has 0 radical (unpaired) electrons. The van der Waals surface area contributed by atoms with Gasteiger partial charge in [-0.2, -0.15) is 0 Å². The third-order valence-electron chi connectivity index (χ3n) is 5.45. The number of hydrogen-bond acceptors (Lipinski definition) is 6. The van der Waals surface area contributed by atoms with Crippen LogP contribution in [0.1, 0.15) is 40.2 Å². The second-order valence-corrected chi connectivity index (χ2v) is 8.56. The maximum Gasteiger partial charge on any atom is 0.203 e. The maximum absolute atomic E-state index is 5.89. The Hall–Kier alpha value is -1.46. The van der Waals surface area contributed by atoms with Gasteiger partial charge in [-0.1, -0.05) is 0 Å². The molecule has 0 spiro atoms. The molecule has 1 heterocycles. The van der Waals surface area contributed by atoms with E-state index in [1.165, 1.54) is 0 Å². The van der Waals surface area contributed by atoms with Crippen LogP contribution < -0.4 is 24.8 Å². The lowest BCUT2D eigenvalue weighted by Crippen LogP contribution is -2.59. The number of hydrogen-bond donors (Lipinski definition) is 2. The van der Waals surface area contributed by atoms with Crippen molar-refractivity contribution in [1.29, 1.82) is 0 Å². The highest BCUT2D eigenvalue weighted by molar-refractivity contribution is 14.0. The third-order valence-corrected chi connectivity index (χ3v) is 5.45. The third kappa shape index (κ3) is 7.84. The molecule has 1 aliphatic heterocycles. The topological polar surface area (TPSA) is 76.6 Å². The fourth-order valence-electron chi connectivity index (χ4n) is 3.82. The van der Waals surface area contributed by atoms with E-state index in [1.807, 2.05) is 12.1 Å². The van der Waals surface area contributed by atoms with Gasteiger partial charge in [0.15, 0.2) is 17.5 Å². The Morgan fingerprint density at radius 1 is 1.06 bits per heavy atom. The van der Waals surface area contributed by atoms with Gasteiger partial charge in [0, 0.05) is 31.7 Å². The number of halogens is 1. The van der Waals surface area contributed by atoms with E-state index in [1.54, 1.807) is 21.3 Å². The first-order chi connectivity index (χ1) is 14.7. The molecule has 9 heteroatoms. The number of benzene rings is 1. The lowest BCUT2D eigenvalue weighted by molar-refractivity contribution is -0.0946. The summed E-state index contributed by atoms with van der Waals surface area (Å²) in [4.78, 5) is 7.26. The van der Waals surface area contributed by atoms with Crippen LogP contribution in [-0.2, 0) is 11.3 Å². The van der Waals surface area contributed by atoms with E-state index < -0.39 is 0 Å². The van der Waals surface area contributed by atoms with Gasteiger partial charge in [-0.25, -0.2) is 4.99 Å². The summed E-state index contributed by atoms with van der Waals surface area (Å²) in [5.74, 6) is 2.61. The Kier molecular flexibility index (Phi) is 11.9. The Labute approximate surface area is 210 Å². The highest BCUT2D eigenvalue weighted by Crippen LogP contribution is 2.38. The zero-order valence-electron chi connectivity index (χ0n) is 20.8. The smallest absolute Gasteiger partial charge is 0.203 e. The molecule has 32 heavy (non-hydrogen) atoms. The van der Waals surface area contributed by atoms with Crippen molar-refractivity contribution in [3.63, 3.8) is 0 Å². The average Bonchev–Trinajstić information content (AvgIpc) is 2.74. The van der Waals surface area contributed by atoms with Gasteiger partial charge >= 0.3 is 0 Å². The summed E-state index contributed by atoms with van der Waals surface area (Å²) in [5, 5.41) is 6.84. The molecule has 2 rings (SSSR count). The van der Waals surface area contributed by atoms with Crippen LogP contribution in [-0.4, -0.2) is 76.1 Å². The predicted molar refractivity (Wildman–Crippen MR) is 140 cm³/mol. The van der Waals surface area contributed by atoms with Crippen LogP contribution in [0.5, 0.6) is 17.2 Å². The normalized spacial score (nSPS) is 19.7. The summed E-state index contributed by atoms with van der Waals surface area (Å²) in [5.41, 5.74) is 0.941. The summed E-state index contributed by atoms with van der Waals surface area (Å²) >= 11 is 0. The number of guanidine groups is 1. The second-order valence-electron chi connectivity index (χ2n) is 8.56. The number of aliphatic imine (C=N–C) groups is 1. The van der Waals surface area contributed by atoms with Crippen molar-refractivity contribution in [2.45, 2.75) is 58.9 Å². The fraction of sp³-hybridized carbons (Fsp3) is 0.696. The molecule has 0 bridgehead atoms. The van der Waals surface area contributed by atoms with E-state index >= 15 is 0 Å². The first-order valence-electron chi connectivity index (χ1n) is 11.0. The molecule has 2 unspecified atom stereocenters. The SMILES string of the molecule is CCNC(=NCc1cc(OC)c(OC)c(OC)c1)NCC(C)(C)N1CC(C)OC(C)C1.I. The minimum atomic E-state index is -0.0327. The van der Waals surface area contributed by atoms with Crippen LogP contribution in [0.4, 0.5) is 0 Å². The Bertz CT molecular complexity index is 710. The van der Waals surface area contributed by atoms with Crippen LogP contribution in [0.2, 0.25) is 0 Å². The second kappa shape index (κ2) is 13.3. The molecule has 8 nitrogen and oxygen atoms in total. The van der Waals surface area contributed by atoms with Gasteiger partial charge in [0.25, 0.3) is 0 Å². The summed E-state index contributed by atoms with van der Waals surface area (Å²) < 4.78 is 22.2. The monoisotopic (exact) mass is 564 g/mol. The van der Waals surface area contributed by atoms with Crippen LogP contribution in [0.25, 0.3) is 0 Å². The quantitative estimate of drug-likeness (QED) is 0.271. The molecular formula is C23H41IN4O4. The van der Waals surface area contributed by atoms with Gasteiger partial charge in [0.05, 0.1) is 40.1 Å². The molecule has 2 N–H and O–H groups in total. The molecule has 1 aliphatic rings. The predicted octanol–water partition coefficient (Wildman–Crippen LogP) is 3.27. The summed E-state index contributed by atoms with van der Waals surface area (Å²) in [6.07, 6.45) is 0.481. The van der Waals surface area contributed by atoms with Gasteiger partial charge in [-0.15, -0.1) is 24.0 Å². The number of ether oxygens (including phenoxy) is 4. The van der Waals surface area contributed by atoms with Gasteiger partial charge in [-0.3, -0.25) is 4.90 Å². The first-order valence-corrected chi connectivity index (χ1v) is 11.0. The van der Waals surface area contributed by atoms with Crippen LogP contribution >= 0.6 is 24.0 Å². The maximum atomic E-state index is 5.89. The Balaban J connectivity index is 0.00000512. The molecule has 1 fully saturated rings. The van der Waals surface area contributed by atoms with Gasteiger partial charge in [-0.05, 0) is 52.3 Å². The molecule has 1 aromatic carbocycles. The lowest BCUT2D eigenvalue weighted by Gasteiger charge is -2.45. The molecule has 0 amide bonds. The lowest BCUT2D eigenvalue weighted by atomic mass is 10.00. The average molecular weight is 565 g/mol. The number of morpholine rings is 1. The molecule has 184 valence electrons. The molecular weight excluding hydrogens is 523 g/mol. The van der Waals surface area contributed by atoms with Crippen molar-refractivity contribution in [1.82, 2.24) is 15.5 Å². The van der Waals surface area contributed by atoms with Gasteiger partial charge < -0.3 is 29.6 Å². The van der Waals surface area contributed by atoms with Crippen LogP contribution in [0.3, 0.4) is 0 Å². The zero-order chi connectivity index (χ0) is 23.0. The van der Waals surface area contributed by atoms with Crippen LogP contribution in [0.15, 0.2) is 17.1 Å². The van der Waals surface area contributed by atoms with Gasteiger partial charge in [0.2, 0.25) is 5.75 Å². The van der Waals surface area contributed by atoms with Crippen molar-refractivity contribution in [3.8, 4) is 17.2 Å². The Morgan fingerprint density at radius 3 is 2.09 bits per heavy atom. The molecule has 2 atom stereocenters. The molecule has 0 saturated carbocycles. The largest absolute Gasteiger partial charge is 0.493 e. The fourth-order valence-corrected chi connectivity index (χ4v) is 3.82. The highest BCUT2D eigenvalue weighted by atomic mass is 127. The van der Waals surface area contributed by atoms with E-state index in [2.05, 4.69) is 50.2 Å². The number of rotatable bonds is 9. The van der Waals surface area contributed by atoms with Crippen molar-refractivity contribution in [2.24, 2.45) is 4.99 Å². The van der Waals surface area contributed by atoms with E-state index in [0.29, 0.717) is 23.8 Å². The van der Waals surface area contributed by atoms with Crippen molar-refractivity contribution >= 4 is 29.9 Å². The minimum Gasteiger partial charge on any atom is -0.493 e. The Morgan fingerprint density at radius 2 is 1.62 bits per heavy atom. The van der Waals surface area contributed by atoms with E-state index in [-0.39, 0.29) is 41.7 Å². The number of methoxy groups -OCH3 is 3. The molecule has 1 saturated heterocycles. The summed E-state index contributed by atoms with van der Waals surface area (Å²) in [6, 6.07) is 3.85. The molecule has 0 aromatic heterocycles.